The SMILES string of the molecule is O=C(O)c1cc(NC2CCS(=O)CC2)ncc1Cl. The fourth-order valence-corrected chi connectivity index (χ4v) is 3.31. The highest BCUT2D eigenvalue weighted by Crippen LogP contribution is 2.20. The maximum absolute atomic E-state index is 11.2. The van der Waals surface area contributed by atoms with E-state index in [1.807, 2.05) is 0 Å². The van der Waals surface area contributed by atoms with Gasteiger partial charge < -0.3 is 10.4 Å². The van der Waals surface area contributed by atoms with Gasteiger partial charge >= 0.3 is 5.97 Å². The van der Waals surface area contributed by atoms with Crippen LogP contribution in [-0.2, 0) is 10.8 Å². The van der Waals surface area contributed by atoms with Gasteiger partial charge in [0.15, 0.2) is 0 Å². The average Bonchev–Trinajstić information content (AvgIpc) is 2.34. The fraction of sp³-hybridized carbons (Fsp3) is 0.455. The van der Waals surface area contributed by atoms with Crippen LogP contribution in [0.4, 0.5) is 5.82 Å². The highest BCUT2D eigenvalue weighted by atomic mass is 35.5. The third kappa shape index (κ3) is 3.20. The third-order valence-electron chi connectivity index (χ3n) is 2.83. The molecule has 0 saturated carbocycles. The van der Waals surface area contributed by atoms with E-state index >= 15 is 0 Å². The molecular weight excluding hydrogens is 276 g/mol. The predicted molar refractivity (Wildman–Crippen MR) is 70.7 cm³/mol. The molecule has 98 valence electrons. The molecule has 18 heavy (non-hydrogen) atoms. The Balaban J connectivity index is 2.07. The summed E-state index contributed by atoms with van der Waals surface area (Å²) in [6.45, 7) is 0. The second-order valence-electron chi connectivity index (χ2n) is 4.12. The number of aromatic carboxylic acids is 1. The van der Waals surface area contributed by atoms with Crippen LogP contribution in [0.5, 0.6) is 0 Å². The quantitative estimate of drug-likeness (QED) is 0.886. The smallest absolute Gasteiger partial charge is 0.337 e. The molecule has 1 aromatic rings. The van der Waals surface area contributed by atoms with Crippen molar-refractivity contribution in [2.45, 2.75) is 18.9 Å². The molecule has 1 saturated heterocycles. The molecule has 0 spiro atoms. The van der Waals surface area contributed by atoms with Crippen LogP contribution in [0.2, 0.25) is 5.02 Å². The van der Waals surface area contributed by atoms with E-state index in [0.29, 0.717) is 17.3 Å². The molecule has 2 rings (SSSR count). The molecule has 1 aliphatic heterocycles. The lowest BCUT2D eigenvalue weighted by Gasteiger charge is -2.23. The summed E-state index contributed by atoms with van der Waals surface area (Å²) in [5, 5.41) is 12.2. The van der Waals surface area contributed by atoms with Crippen LogP contribution in [0.15, 0.2) is 12.3 Å². The highest BCUT2D eigenvalue weighted by molar-refractivity contribution is 7.85. The number of nitrogens with one attached hydrogen (secondary N) is 1. The Bertz CT molecular complexity index is 485. The first kappa shape index (κ1) is 13.3. The maximum Gasteiger partial charge on any atom is 0.337 e. The van der Waals surface area contributed by atoms with Crippen molar-refractivity contribution < 1.29 is 14.1 Å². The average molecular weight is 289 g/mol. The van der Waals surface area contributed by atoms with Crippen LogP contribution in [0.1, 0.15) is 23.2 Å². The molecule has 0 atom stereocenters. The number of hydrogen-bond donors (Lipinski definition) is 2. The number of carboxylic acids is 1. The molecule has 2 N–H and O–H groups in total. The van der Waals surface area contributed by atoms with Gasteiger partial charge in [0.05, 0.1) is 10.6 Å². The molecule has 5 nitrogen and oxygen atoms in total. The molecule has 1 aromatic heterocycles. The zero-order valence-electron chi connectivity index (χ0n) is 9.56. The van der Waals surface area contributed by atoms with Gasteiger partial charge in [0, 0.05) is 34.5 Å². The van der Waals surface area contributed by atoms with E-state index in [9.17, 15) is 9.00 Å². The molecule has 0 unspecified atom stereocenters. The molecule has 0 aromatic carbocycles. The summed E-state index contributed by atoms with van der Waals surface area (Å²) in [4.78, 5) is 15.0. The molecule has 1 aliphatic rings. The van der Waals surface area contributed by atoms with Crippen molar-refractivity contribution in [3.05, 3.63) is 22.8 Å². The number of pyridine rings is 1. The number of carbonyl (C=O) groups is 1. The minimum absolute atomic E-state index is 0.0357. The summed E-state index contributed by atoms with van der Waals surface area (Å²) in [5.74, 6) is 0.776. The Kier molecular flexibility index (Phi) is 4.19. The molecular formula is C11H13ClN2O3S. The highest BCUT2D eigenvalue weighted by Gasteiger charge is 2.19. The second-order valence-corrected chi connectivity index (χ2v) is 6.22. The Morgan fingerprint density at radius 1 is 1.50 bits per heavy atom. The van der Waals surface area contributed by atoms with Crippen LogP contribution < -0.4 is 5.32 Å². The van der Waals surface area contributed by atoms with Crippen molar-refractivity contribution in [2.24, 2.45) is 0 Å². The fourth-order valence-electron chi connectivity index (χ4n) is 1.83. The number of anilines is 1. The van der Waals surface area contributed by atoms with E-state index in [-0.39, 0.29) is 16.6 Å². The Morgan fingerprint density at radius 2 is 2.17 bits per heavy atom. The van der Waals surface area contributed by atoms with Crippen LogP contribution in [0, 0.1) is 0 Å². The predicted octanol–water partition coefficient (Wildman–Crippen LogP) is 1.76. The standard InChI is InChI=1S/C11H13ClN2O3S/c12-9-6-13-10(5-8(9)11(15)16)14-7-1-3-18(17)4-2-7/h5-7H,1-4H2,(H,13,14)(H,15,16). The number of rotatable bonds is 3. The van der Waals surface area contributed by atoms with Gasteiger partial charge in [-0.2, -0.15) is 0 Å². The van der Waals surface area contributed by atoms with Gasteiger partial charge in [-0.15, -0.1) is 0 Å². The minimum atomic E-state index is -1.07. The van der Waals surface area contributed by atoms with Gasteiger partial charge in [-0.05, 0) is 18.9 Å². The molecule has 2 heterocycles. The van der Waals surface area contributed by atoms with Crippen molar-refractivity contribution in [3.63, 3.8) is 0 Å². The number of aromatic nitrogens is 1. The van der Waals surface area contributed by atoms with Crippen molar-refractivity contribution in [1.82, 2.24) is 4.98 Å². The molecule has 0 amide bonds. The number of hydrogen-bond acceptors (Lipinski definition) is 4. The topological polar surface area (TPSA) is 79.3 Å². The van der Waals surface area contributed by atoms with Gasteiger partial charge in [-0.1, -0.05) is 11.6 Å². The first-order valence-corrected chi connectivity index (χ1v) is 7.43. The number of nitrogens with zero attached hydrogens (tertiary/aromatic N) is 1. The molecule has 0 aliphatic carbocycles. The largest absolute Gasteiger partial charge is 0.478 e. The lowest BCUT2D eigenvalue weighted by Crippen LogP contribution is -2.29. The Hall–Kier alpha value is -1.14. The molecule has 0 radical (unpaired) electrons. The van der Waals surface area contributed by atoms with E-state index in [2.05, 4.69) is 10.3 Å². The number of carboxylic acid groups (broad SMARTS) is 1. The summed E-state index contributed by atoms with van der Waals surface area (Å²) in [6.07, 6.45) is 2.94. The van der Waals surface area contributed by atoms with Crippen molar-refractivity contribution in [1.29, 1.82) is 0 Å². The number of halogens is 1. The van der Waals surface area contributed by atoms with Crippen molar-refractivity contribution >= 4 is 34.2 Å². The van der Waals surface area contributed by atoms with Crippen LogP contribution in [0.25, 0.3) is 0 Å². The molecule has 0 bridgehead atoms. The van der Waals surface area contributed by atoms with E-state index in [1.165, 1.54) is 12.3 Å². The van der Waals surface area contributed by atoms with E-state index in [4.69, 9.17) is 16.7 Å². The van der Waals surface area contributed by atoms with Crippen molar-refractivity contribution in [2.75, 3.05) is 16.8 Å². The third-order valence-corrected chi connectivity index (χ3v) is 4.51. The summed E-state index contributed by atoms with van der Waals surface area (Å²) in [7, 11) is -0.710. The second kappa shape index (κ2) is 5.67. The maximum atomic E-state index is 11.2. The van der Waals surface area contributed by atoms with Gasteiger partial charge in [0.2, 0.25) is 0 Å². The van der Waals surface area contributed by atoms with Gasteiger partial charge in [-0.3, -0.25) is 4.21 Å². The van der Waals surface area contributed by atoms with Crippen molar-refractivity contribution in [3.8, 4) is 0 Å². The summed E-state index contributed by atoms with van der Waals surface area (Å²) in [5.41, 5.74) is 0.0357. The zero-order chi connectivity index (χ0) is 13.1. The lowest BCUT2D eigenvalue weighted by atomic mass is 10.1. The van der Waals surface area contributed by atoms with Gasteiger partial charge in [-0.25, -0.2) is 9.78 Å². The zero-order valence-corrected chi connectivity index (χ0v) is 11.1. The lowest BCUT2D eigenvalue weighted by molar-refractivity contribution is 0.0697. The van der Waals surface area contributed by atoms with E-state index < -0.39 is 16.8 Å². The van der Waals surface area contributed by atoms with Gasteiger partial charge in [0.25, 0.3) is 0 Å². The normalized spacial score (nSPS) is 23.6. The van der Waals surface area contributed by atoms with Crippen LogP contribution >= 0.6 is 11.6 Å². The molecule has 7 heteroatoms. The van der Waals surface area contributed by atoms with E-state index in [0.717, 1.165) is 12.8 Å². The van der Waals surface area contributed by atoms with E-state index in [1.54, 1.807) is 0 Å². The summed E-state index contributed by atoms with van der Waals surface area (Å²) in [6, 6.07) is 1.62. The first-order chi connectivity index (χ1) is 8.56. The molecule has 1 fully saturated rings. The first-order valence-electron chi connectivity index (χ1n) is 5.56. The minimum Gasteiger partial charge on any atom is -0.478 e. The Morgan fingerprint density at radius 3 is 2.78 bits per heavy atom. The summed E-state index contributed by atoms with van der Waals surface area (Å²) < 4.78 is 11.2. The summed E-state index contributed by atoms with van der Waals surface area (Å²) >= 11 is 5.74. The van der Waals surface area contributed by atoms with Crippen LogP contribution in [-0.4, -0.2) is 37.8 Å². The van der Waals surface area contributed by atoms with Gasteiger partial charge in [0.1, 0.15) is 5.82 Å². The Labute approximate surface area is 112 Å². The monoisotopic (exact) mass is 288 g/mol. The van der Waals surface area contributed by atoms with Crippen LogP contribution in [0.3, 0.4) is 0 Å².